The highest BCUT2D eigenvalue weighted by Crippen LogP contribution is 2.29. The number of ether oxygens (including phenoxy) is 3. The van der Waals surface area contributed by atoms with Gasteiger partial charge in [0.15, 0.2) is 12.4 Å². The summed E-state index contributed by atoms with van der Waals surface area (Å²) < 4.78 is 30.5. The van der Waals surface area contributed by atoms with E-state index in [0.717, 1.165) is 21.9 Å². The van der Waals surface area contributed by atoms with Gasteiger partial charge in [0.2, 0.25) is 5.88 Å². The first kappa shape index (κ1) is 24.9. The number of esters is 1. The highest BCUT2D eigenvalue weighted by Gasteiger charge is 2.12. The molecule has 0 aliphatic rings. The number of carbonyl (C=O) groups is 1. The van der Waals surface area contributed by atoms with Gasteiger partial charge in [-0.15, -0.1) is 0 Å². The number of benzene rings is 4. The summed E-state index contributed by atoms with van der Waals surface area (Å²) in [5.41, 5.74) is 2.85. The van der Waals surface area contributed by atoms with Crippen molar-refractivity contribution >= 4 is 16.7 Å². The van der Waals surface area contributed by atoms with Crippen molar-refractivity contribution in [2.75, 3.05) is 13.2 Å². The van der Waals surface area contributed by atoms with E-state index in [-0.39, 0.29) is 19.0 Å². The number of halogens is 1. The fraction of sp³-hybridized carbons (Fsp3) is 0.129. The Labute approximate surface area is 219 Å². The third-order valence-corrected chi connectivity index (χ3v) is 5.84. The van der Waals surface area contributed by atoms with Crippen LogP contribution >= 0.6 is 0 Å². The first-order chi connectivity index (χ1) is 18.6. The third-order valence-electron chi connectivity index (χ3n) is 5.84. The van der Waals surface area contributed by atoms with E-state index in [2.05, 4.69) is 4.98 Å². The molecular weight excluding hydrogens is 483 g/mol. The molecule has 0 aliphatic carbocycles. The van der Waals surface area contributed by atoms with E-state index in [4.69, 9.17) is 19.2 Å². The van der Waals surface area contributed by atoms with Gasteiger partial charge in [0.05, 0.1) is 12.3 Å². The van der Waals surface area contributed by atoms with Crippen molar-refractivity contribution in [3.05, 3.63) is 108 Å². The number of hydrogen-bond acceptors (Lipinski definition) is 6. The molecule has 6 nitrogen and oxygen atoms in total. The van der Waals surface area contributed by atoms with Crippen LogP contribution in [-0.2, 0) is 16.1 Å². The standard InChI is InChI=1S/C31H25FN2O4/c1-2-36-30(35)20-37-26-15-14-22-16-24(13-12-23(22)17-26)31-33-28(21-8-4-3-5-9-21)18-29(34-31)38-19-25-10-6-7-11-27(25)32/h3-18H,2,19-20H2,1H3. The zero-order valence-electron chi connectivity index (χ0n) is 20.8. The molecule has 4 aromatic carbocycles. The smallest absolute Gasteiger partial charge is 0.344 e. The predicted molar refractivity (Wildman–Crippen MR) is 143 cm³/mol. The highest BCUT2D eigenvalue weighted by atomic mass is 19.1. The van der Waals surface area contributed by atoms with Crippen molar-refractivity contribution in [3.63, 3.8) is 0 Å². The van der Waals surface area contributed by atoms with Crippen molar-refractivity contribution < 1.29 is 23.4 Å². The molecule has 0 radical (unpaired) electrons. The molecule has 0 saturated heterocycles. The lowest BCUT2D eigenvalue weighted by molar-refractivity contribution is -0.145. The van der Waals surface area contributed by atoms with Crippen LogP contribution in [0.4, 0.5) is 4.39 Å². The summed E-state index contributed by atoms with van der Waals surface area (Å²) in [4.78, 5) is 21.0. The predicted octanol–water partition coefficient (Wildman–Crippen LogP) is 6.62. The van der Waals surface area contributed by atoms with Gasteiger partial charge in [-0.05, 0) is 42.0 Å². The number of rotatable bonds is 9. The second-order valence-corrected chi connectivity index (χ2v) is 8.48. The molecule has 7 heteroatoms. The van der Waals surface area contributed by atoms with Gasteiger partial charge in [-0.2, -0.15) is 4.98 Å². The first-order valence-electron chi connectivity index (χ1n) is 12.2. The molecular formula is C31H25FN2O4. The minimum Gasteiger partial charge on any atom is -0.482 e. The molecule has 0 atom stereocenters. The fourth-order valence-corrected chi connectivity index (χ4v) is 3.95. The molecule has 0 amide bonds. The molecule has 0 spiro atoms. The van der Waals surface area contributed by atoms with Crippen molar-refractivity contribution in [1.82, 2.24) is 9.97 Å². The Bertz CT molecular complexity index is 1570. The Morgan fingerprint density at radius 2 is 1.55 bits per heavy atom. The van der Waals surface area contributed by atoms with E-state index in [1.54, 1.807) is 37.3 Å². The summed E-state index contributed by atoms with van der Waals surface area (Å²) in [6.07, 6.45) is 0. The largest absolute Gasteiger partial charge is 0.482 e. The minimum atomic E-state index is -0.411. The van der Waals surface area contributed by atoms with Crippen LogP contribution in [0.3, 0.4) is 0 Å². The summed E-state index contributed by atoms with van der Waals surface area (Å²) in [7, 11) is 0. The quantitative estimate of drug-likeness (QED) is 0.208. The summed E-state index contributed by atoms with van der Waals surface area (Å²) >= 11 is 0. The Kier molecular flexibility index (Phi) is 7.54. The van der Waals surface area contributed by atoms with Gasteiger partial charge in [-0.25, -0.2) is 14.2 Å². The van der Waals surface area contributed by atoms with E-state index >= 15 is 0 Å². The Morgan fingerprint density at radius 1 is 0.789 bits per heavy atom. The summed E-state index contributed by atoms with van der Waals surface area (Å²) in [6, 6.07) is 29.4. The Hall–Kier alpha value is -4.78. The molecule has 0 fully saturated rings. The van der Waals surface area contributed by atoms with Gasteiger partial charge in [-0.1, -0.05) is 66.7 Å². The van der Waals surface area contributed by atoms with Crippen molar-refractivity contribution in [3.8, 4) is 34.3 Å². The average Bonchev–Trinajstić information content (AvgIpc) is 2.96. The van der Waals surface area contributed by atoms with Gasteiger partial charge in [0, 0.05) is 22.8 Å². The second-order valence-electron chi connectivity index (χ2n) is 8.48. The Morgan fingerprint density at radius 3 is 2.37 bits per heavy atom. The molecule has 1 heterocycles. The summed E-state index contributed by atoms with van der Waals surface area (Å²) in [5, 5.41) is 1.89. The minimum absolute atomic E-state index is 0.0453. The molecule has 5 aromatic rings. The number of fused-ring (bicyclic) bond motifs is 1. The molecule has 0 bridgehead atoms. The number of aromatic nitrogens is 2. The maximum absolute atomic E-state index is 14.1. The van der Waals surface area contributed by atoms with Crippen LogP contribution in [0, 0.1) is 5.82 Å². The number of carbonyl (C=O) groups excluding carboxylic acids is 1. The topological polar surface area (TPSA) is 70.5 Å². The second kappa shape index (κ2) is 11.5. The first-order valence-corrected chi connectivity index (χ1v) is 12.2. The summed E-state index contributed by atoms with van der Waals surface area (Å²) in [6.45, 7) is 1.96. The monoisotopic (exact) mass is 508 g/mol. The van der Waals surface area contributed by atoms with E-state index in [1.807, 2.05) is 60.7 Å². The van der Waals surface area contributed by atoms with Crippen molar-refractivity contribution in [1.29, 1.82) is 0 Å². The lowest BCUT2D eigenvalue weighted by Crippen LogP contribution is -2.14. The van der Waals surface area contributed by atoms with Crippen LogP contribution in [0.25, 0.3) is 33.4 Å². The van der Waals surface area contributed by atoms with Gasteiger partial charge >= 0.3 is 5.97 Å². The Balaban J connectivity index is 1.45. The van der Waals surface area contributed by atoms with Crippen LogP contribution in [0.2, 0.25) is 0 Å². The van der Waals surface area contributed by atoms with Crippen molar-refractivity contribution in [2.45, 2.75) is 13.5 Å². The van der Waals surface area contributed by atoms with Crippen LogP contribution in [-0.4, -0.2) is 29.2 Å². The molecule has 0 N–H and O–H groups in total. The molecule has 0 unspecified atom stereocenters. The molecule has 0 aliphatic heterocycles. The van der Waals surface area contributed by atoms with E-state index < -0.39 is 5.97 Å². The number of hydrogen-bond donors (Lipinski definition) is 0. The molecule has 0 saturated carbocycles. The van der Waals surface area contributed by atoms with Gasteiger partial charge < -0.3 is 14.2 Å². The average molecular weight is 509 g/mol. The fourth-order valence-electron chi connectivity index (χ4n) is 3.95. The van der Waals surface area contributed by atoms with Gasteiger partial charge in [-0.3, -0.25) is 0 Å². The zero-order chi connectivity index (χ0) is 26.3. The normalized spacial score (nSPS) is 10.8. The highest BCUT2D eigenvalue weighted by molar-refractivity contribution is 5.88. The lowest BCUT2D eigenvalue weighted by Gasteiger charge is -2.11. The van der Waals surface area contributed by atoms with Crippen LogP contribution < -0.4 is 9.47 Å². The van der Waals surface area contributed by atoms with Crippen LogP contribution in [0.1, 0.15) is 12.5 Å². The van der Waals surface area contributed by atoms with Gasteiger partial charge in [0.25, 0.3) is 0 Å². The lowest BCUT2D eigenvalue weighted by atomic mass is 10.1. The summed E-state index contributed by atoms with van der Waals surface area (Å²) in [5.74, 6) is 0.667. The molecule has 190 valence electrons. The zero-order valence-corrected chi connectivity index (χ0v) is 20.8. The van der Waals surface area contributed by atoms with E-state index in [9.17, 15) is 9.18 Å². The van der Waals surface area contributed by atoms with Crippen molar-refractivity contribution in [2.24, 2.45) is 0 Å². The SMILES string of the molecule is CCOC(=O)COc1ccc2cc(-c3nc(OCc4ccccc4F)cc(-c4ccccc4)n3)ccc2c1. The van der Waals surface area contributed by atoms with E-state index in [0.29, 0.717) is 35.3 Å². The van der Waals surface area contributed by atoms with Crippen LogP contribution in [0.5, 0.6) is 11.6 Å². The molecule has 1 aromatic heterocycles. The number of nitrogens with zero attached hydrogens (tertiary/aromatic N) is 2. The maximum atomic E-state index is 14.1. The third kappa shape index (κ3) is 5.95. The van der Waals surface area contributed by atoms with E-state index in [1.165, 1.54) is 6.07 Å². The molecule has 5 rings (SSSR count). The molecule has 38 heavy (non-hydrogen) atoms. The maximum Gasteiger partial charge on any atom is 0.344 e. The van der Waals surface area contributed by atoms with Gasteiger partial charge in [0.1, 0.15) is 18.2 Å². The van der Waals surface area contributed by atoms with Crippen LogP contribution in [0.15, 0.2) is 97.1 Å².